The number of fused-ring (bicyclic) bond motifs is 1. The van der Waals surface area contributed by atoms with Crippen molar-refractivity contribution in [3.05, 3.63) is 60.8 Å². The van der Waals surface area contributed by atoms with Crippen molar-refractivity contribution in [1.82, 2.24) is 4.98 Å². The smallest absolute Gasteiger partial charge is 0.409 e. The molecule has 2 aromatic carbocycles. The van der Waals surface area contributed by atoms with E-state index in [-0.39, 0.29) is 0 Å². The first-order chi connectivity index (χ1) is 9.75. The Hall–Kier alpha value is -2.88. The van der Waals surface area contributed by atoms with Gasteiger partial charge in [-0.05, 0) is 23.8 Å². The lowest BCUT2D eigenvalue weighted by Crippen LogP contribution is -2.08. The van der Waals surface area contributed by atoms with Crippen LogP contribution in [0.3, 0.4) is 0 Å². The summed E-state index contributed by atoms with van der Waals surface area (Å²) < 4.78 is 0. The van der Waals surface area contributed by atoms with Crippen LogP contribution in [0.2, 0.25) is 0 Å². The predicted molar refractivity (Wildman–Crippen MR) is 78.8 cm³/mol. The van der Waals surface area contributed by atoms with Gasteiger partial charge in [-0.2, -0.15) is 0 Å². The number of aromatic nitrogens is 1. The second-order valence-corrected chi connectivity index (χ2v) is 4.35. The van der Waals surface area contributed by atoms with Gasteiger partial charge in [-0.1, -0.05) is 36.4 Å². The Labute approximate surface area is 115 Å². The van der Waals surface area contributed by atoms with Crippen molar-refractivity contribution in [2.45, 2.75) is 0 Å². The zero-order valence-electron chi connectivity index (χ0n) is 10.6. The molecule has 0 bridgehead atoms. The number of nitrogens with one attached hydrogen (secondary N) is 1. The molecule has 0 atom stereocenters. The maximum atomic E-state index is 11.0. The molecule has 0 saturated heterocycles. The third-order valence-electron chi connectivity index (χ3n) is 3.09. The van der Waals surface area contributed by atoms with E-state index in [1.54, 1.807) is 12.3 Å². The molecule has 0 fully saturated rings. The number of carbonyl (C=O) groups is 1. The molecule has 0 aliphatic rings. The Bertz CT molecular complexity index is 770. The van der Waals surface area contributed by atoms with E-state index in [4.69, 9.17) is 5.11 Å². The number of hydrogen-bond acceptors (Lipinski definition) is 2. The van der Waals surface area contributed by atoms with E-state index in [1.165, 1.54) is 0 Å². The fourth-order valence-corrected chi connectivity index (χ4v) is 2.29. The number of nitrogens with zero attached hydrogens (tertiary/aromatic N) is 1. The van der Waals surface area contributed by atoms with Crippen molar-refractivity contribution in [2.75, 3.05) is 5.32 Å². The average molecular weight is 264 g/mol. The van der Waals surface area contributed by atoms with Crippen LogP contribution in [-0.4, -0.2) is 16.2 Å². The number of amides is 1. The summed E-state index contributed by atoms with van der Waals surface area (Å²) in [6.07, 6.45) is 0.645. The first-order valence-corrected chi connectivity index (χ1v) is 6.19. The minimum Gasteiger partial charge on any atom is -0.465 e. The minimum absolute atomic E-state index is 0.559. The molecule has 3 rings (SSSR count). The molecule has 1 heterocycles. The number of benzene rings is 2. The quantitative estimate of drug-likeness (QED) is 0.735. The van der Waals surface area contributed by atoms with Crippen LogP contribution in [0.25, 0.3) is 22.0 Å². The van der Waals surface area contributed by atoms with Crippen molar-refractivity contribution >= 4 is 22.7 Å². The van der Waals surface area contributed by atoms with Crippen LogP contribution < -0.4 is 5.32 Å². The van der Waals surface area contributed by atoms with E-state index in [0.29, 0.717) is 5.69 Å². The third kappa shape index (κ3) is 2.19. The summed E-state index contributed by atoms with van der Waals surface area (Å²) >= 11 is 0. The fourth-order valence-electron chi connectivity index (χ4n) is 2.29. The Morgan fingerprint density at radius 1 is 1.00 bits per heavy atom. The molecule has 0 aliphatic carbocycles. The van der Waals surface area contributed by atoms with Gasteiger partial charge in [0.2, 0.25) is 0 Å². The molecule has 4 nitrogen and oxygen atoms in total. The van der Waals surface area contributed by atoms with Gasteiger partial charge in [0.15, 0.2) is 0 Å². The summed E-state index contributed by atoms with van der Waals surface area (Å²) in [5.74, 6) is 0. The second-order valence-electron chi connectivity index (χ2n) is 4.35. The van der Waals surface area contributed by atoms with E-state index in [1.807, 2.05) is 48.5 Å². The van der Waals surface area contributed by atoms with Crippen LogP contribution in [0.4, 0.5) is 10.5 Å². The summed E-state index contributed by atoms with van der Waals surface area (Å²) in [6, 6.07) is 17.0. The minimum atomic E-state index is -1.08. The summed E-state index contributed by atoms with van der Waals surface area (Å²) in [5, 5.41) is 12.4. The number of pyridine rings is 1. The molecule has 0 unspecified atom stereocenters. The Morgan fingerprint density at radius 2 is 1.80 bits per heavy atom. The van der Waals surface area contributed by atoms with Crippen LogP contribution in [0, 0.1) is 0 Å². The highest BCUT2D eigenvalue weighted by Gasteiger charge is 2.11. The summed E-state index contributed by atoms with van der Waals surface area (Å²) in [5.41, 5.74) is 3.19. The molecule has 1 aromatic heterocycles. The monoisotopic (exact) mass is 264 g/mol. The van der Waals surface area contributed by atoms with E-state index >= 15 is 0 Å². The van der Waals surface area contributed by atoms with Gasteiger partial charge in [0, 0.05) is 17.1 Å². The molecule has 4 heteroatoms. The lowest BCUT2D eigenvalue weighted by Gasteiger charge is -2.12. The SMILES string of the molecule is O=C(O)Nc1ccc2ncccc2c1-c1ccccc1. The molecule has 98 valence electrons. The molecule has 20 heavy (non-hydrogen) atoms. The van der Waals surface area contributed by atoms with Crippen LogP contribution in [-0.2, 0) is 0 Å². The summed E-state index contributed by atoms with van der Waals surface area (Å²) in [6.45, 7) is 0. The maximum absolute atomic E-state index is 11.0. The molecule has 2 N–H and O–H groups in total. The number of carboxylic acid groups (broad SMARTS) is 1. The van der Waals surface area contributed by atoms with Crippen LogP contribution in [0.15, 0.2) is 60.8 Å². The average Bonchev–Trinajstić information content (AvgIpc) is 2.47. The number of rotatable bonds is 2. The molecule has 0 aliphatic heterocycles. The first-order valence-electron chi connectivity index (χ1n) is 6.19. The van der Waals surface area contributed by atoms with Crippen molar-refractivity contribution in [1.29, 1.82) is 0 Å². The zero-order chi connectivity index (χ0) is 13.9. The Kier molecular flexibility index (Phi) is 3.05. The van der Waals surface area contributed by atoms with Crippen LogP contribution >= 0.6 is 0 Å². The van der Waals surface area contributed by atoms with Crippen molar-refractivity contribution in [3.8, 4) is 11.1 Å². The Balaban J connectivity index is 2.31. The van der Waals surface area contributed by atoms with Gasteiger partial charge in [-0.3, -0.25) is 10.3 Å². The van der Waals surface area contributed by atoms with Crippen LogP contribution in [0.5, 0.6) is 0 Å². The molecule has 0 saturated carbocycles. The van der Waals surface area contributed by atoms with Crippen molar-refractivity contribution in [3.63, 3.8) is 0 Å². The fraction of sp³-hybridized carbons (Fsp3) is 0. The molecular formula is C16H12N2O2. The lowest BCUT2D eigenvalue weighted by atomic mass is 9.98. The highest BCUT2D eigenvalue weighted by atomic mass is 16.4. The standard InChI is InChI=1S/C16H12N2O2/c19-16(20)18-14-9-8-13-12(7-4-10-17-13)15(14)11-5-2-1-3-6-11/h1-10,18H,(H,19,20). The number of anilines is 1. The molecule has 1 amide bonds. The summed E-state index contributed by atoms with van der Waals surface area (Å²) in [4.78, 5) is 15.3. The second kappa shape index (κ2) is 5.01. The highest BCUT2D eigenvalue weighted by molar-refractivity contribution is 6.04. The van der Waals surface area contributed by atoms with Gasteiger partial charge >= 0.3 is 6.09 Å². The summed E-state index contributed by atoms with van der Waals surface area (Å²) in [7, 11) is 0. The van der Waals surface area contributed by atoms with Gasteiger partial charge in [-0.25, -0.2) is 4.79 Å². The van der Waals surface area contributed by atoms with Gasteiger partial charge in [0.05, 0.1) is 11.2 Å². The normalized spacial score (nSPS) is 10.4. The van der Waals surface area contributed by atoms with Gasteiger partial charge < -0.3 is 5.11 Å². The Morgan fingerprint density at radius 3 is 2.55 bits per heavy atom. The largest absolute Gasteiger partial charge is 0.465 e. The van der Waals surface area contributed by atoms with Gasteiger partial charge in [0.25, 0.3) is 0 Å². The van der Waals surface area contributed by atoms with Gasteiger partial charge in [0.1, 0.15) is 0 Å². The van der Waals surface area contributed by atoms with Gasteiger partial charge in [-0.15, -0.1) is 0 Å². The molecular weight excluding hydrogens is 252 g/mol. The third-order valence-corrected chi connectivity index (χ3v) is 3.09. The molecule has 0 spiro atoms. The topological polar surface area (TPSA) is 62.2 Å². The zero-order valence-corrected chi connectivity index (χ0v) is 10.6. The first kappa shape index (κ1) is 12.2. The van der Waals surface area contributed by atoms with E-state index in [9.17, 15) is 4.79 Å². The highest BCUT2D eigenvalue weighted by Crippen LogP contribution is 2.34. The van der Waals surface area contributed by atoms with Crippen molar-refractivity contribution in [2.24, 2.45) is 0 Å². The van der Waals surface area contributed by atoms with Crippen LogP contribution in [0.1, 0.15) is 0 Å². The van der Waals surface area contributed by atoms with E-state index < -0.39 is 6.09 Å². The number of hydrogen-bond donors (Lipinski definition) is 2. The molecule has 3 aromatic rings. The lowest BCUT2D eigenvalue weighted by molar-refractivity contribution is 0.210. The molecule has 0 radical (unpaired) electrons. The van der Waals surface area contributed by atoms with E-state index in [0.717, 1.165) is 22.0 Å². The van der Waals surface area contributed by atoms with E-state index in [2.05, 4.69) is 10.3 Å². The maximum Gasteiger partial charge on any atom is 0.409 e. The van der Waals surface area contributed by atoms with Crippen molar-refractivity contribution < 1.29 is 9.90 Å². The predicted octanol–water partition coefficient (Wildman–Crippen LogP) is 3.99.